The molecule has 0 fully saturated rings. The zero-order valence-corrected chi connectivity index (χ0v) is 9.52. The maximum Gasteiger partial charge on any atom is 0.247 e. The molecule has 0 aliphatic carbocycles. The van der Waals surface area contributed by atoms with Gasteiger partial charge in [0, 0.05) is 4.70 Å². The van der Waals surface area contributed by atoms with Gasteiger partial charge in [0.05, 0.1) is 0 Å². The second-order valence-electron chi connectivity index (χ2n) is 3.29. The molecule has 1 heterocycles. The summed E-state index contributed by atoms with van der Waals surface area (Å²) in [6.45, 7) is 1.75. The number of fused-ring (bicyclic) bond motifs is 1. The molecule has 3 N–H and O–H groups in total. The van der Waals surface area contributed by atoms with Crippen molar-refractivity contribution in [3.63, 3.8) is 0 Å². The zero-order chi connectivity index (χ0) is 11.2. The number of nitrogens with two attached hydrogens (primary N) is 1. The normalized spacial score (nSPS) is 12.1. The van der Waals surface area contributed by atoms with Gasteiger partial charge in [0.15, 0.2) is 0 Å². The number of phenolic OH excluding ortho intramolecular Hbond substituents is 1. The van der Waals surface area contributed by atoms with Gasteiger partial charge in [-0.2, -0.15) is 0 Å². The van der Waals surface area contributed by atoms with E-state index in [0.29, 0.717) is 10.3 Å². The Bertz CT molecular complexity index is 589. The van der Waals surface area contributed by atoms with Gasteiger partial charge in [-0.25, -0.2) is 13.6 Å². The van der Waals surface area contributed by atoms with Gasteiger partial charge in [-0.05, 0) is 36.1 Å². The average Bonchev–Trinajstić information content (AvgIpc) is 2.47. The SMILES string of the molecule is Cc1cc2cc(S(N)(=O)=O)sc2cc1O. The van der Waals surface area contributed by atoms with Crippen molar-refractivity contribution in [3.05, 3.63) is 23.8 Å². The lowest BCUT2D eigenvalue weighted by atomic mass is 10.2. The van der Waals surface area contributed by atoms with E-state index in [-0.39, 0.29) is 9.96 Å². The molecule has 0 amide bonds. The van der Waals surface area contributed by atoms with Crippen molar-refractivity contribution in [1.29, 1.82) is 0 Å². The number of aryl methyl sites for hydroxylation is 1. The summed E-state index contributed by atoms with van der Waals surface area (Å²) >= 11 is 1.05. The van der Waals surface area contributed by atoms with Crippen molar-refractivity contribution in [1.82, 2.24) is 0 Å². The first-order valence-electron chi connectivity index (χ1n) is 4.14. The van der Waals surface area contributed by atoms with Crippen LogP contribution in [0.25, 0.3) is 10.1 Å². The molecule has 0 aliphatic heterocycles. The monoisotopic (exact) mass is 243 g/mol. The highest BCUT2D eigenvalue weighted by Gasteiger charge is 2.13. The van der Waals surface area contributed by atoms with E-state index >= 15 is 0 Å². The fraction of sp³-hybridized carbons (Fsp3) is 0.111. The van der Waals surface area contributed by atoms with Gasteiger partial charge < -0.3 is 5.11 Å². The number of hydrogen-bond acceptors (Lipinski definition) is 4. The number of hydrogen-bond donors (Lipinski definition) is 2. The molecule has 80 valence electrons. The molecule has 0 unspecified atom stereocenters. The van der Waals surface area contributed by atoms with Crippen LogP contribution in [0.2, 0.25) is 0 Å². The molecule has 6 heteroatoms. The third-order valence-corrected chi connectivity index (χ3v) is 4.61. The summed E-state index contributed by atoms with van der Waals surface area (Å²) in [6, 6.07) is 4.79. The van der Waals surface area contributed by atoms with Gasteiger partial charge >= 0.3 is 0 Å². The maximum atomic E-state index is 11.1. The summed E-state index contributed by atoms with van der Waals surface area (Å²) in [5.74, 6) is 0.158. The van der Waals surface area contributed by atoms with Crippen LogP contribution in [0.3, 0.4) is 0 Å². The second kappa shape index (κ2) is 3.19. The van der Waals surface area contributed by atoms with E-state index in [1.165, 1.54) is 6.07 Å². The molecule has 0 aliphatic rings. The summed E-state index contributed by atoms with van der Waals surface area (Å²) < 4.78 is 23.0. The molecule has 4 nitrogen and oxygen atoms in total. The molecule has 15 heavy (non-hydrogen) atoms. The van der Waals surface area contributed by atoms with Crippen LogP contribution >= 0.6 is 11.3 Å². The van der Waals surface area contributed by atoms with E-state index in [2.05, 4.69) is 0 Å². The maximum absolute atomic E-state index is 11.1. The standard InChI is InChI=1S/C9H9NO3S2/c1-5-2-6-3-9(15(10,12)13)14-8(6)4-7(5)11/h2-4,11H,1H3,(H2,10,12,13). The molecule has 0 radical (unpaired) electrons. The molecule has 0 spiro atoms. The molecule has 0 bridgehead atoms. The lowest BCUT2D eigenvalue weighted by Crippen LogP contribution is -2.09. The number of thiophene rings is 1. The number of phenols is 1. The van der Waals surface area contributed by atoms with Gasteiger partial charge in [0.1, 0.15) is 9.96 Å². The first-order chi connectivity index (χ1) is 6.88. The predicted octanol–water partition coefficient (Wildman–Crippen LogP) is 1.56. The minimum Gasteiger partial charge on any atom is -0.508 e. The summed E-state index contributed by atoms with van der Waals surface area (Å²) in [5, 5.41) is 15.2. The Morgan fingerprint density at radius 1 is 1.33 bits per heavy atom. The van der Waals surface area contributed by atoms with Gasteiger partial charge in [-0.15, -0.1) is 11.3 Å². The largest absolute Gasteiger partial charge is 0.508 e. The quantitative estimate of drug-likeness (QED) is 0.797. The van der Waals surface area contributed by atoms with Gasteiger partial charge in [-0.1, -0.05) is 0 Å². The van der Waals surface area contributed by atoms with Crippen molar-refractivity contribution in [2.45, 2.75) is 11.1 Å². The van der Waals surface area contributed by atoms with Gasteiger partial charge in [0.25, 0.3) is 0 Å². The van der Waals surface area contributed by atoms with Crippen molar-refractivity contribution in [2.75, 3.05) is 0 Å². The van der Waals surface area contributed by atoms with Crippen LogP contribution in [0.1, 0.15) is 5.56 Å². The van der Waals surface area contributed by atoms with E-state index in [0.717, 1.165) is 16.7 Å². The number of benzene rings is 1. The van der Waals surface area contributed by atoms with E-state index in [4.69, 9.17) is 5.14 Å². The van der Waals surface area contributed by atoms with Crippen molar-refractivity contribution in [3.8, 4) is 5.75 Å². The number of rotatable bonds is 1. The fourth-order valence-corrected chi connectivity index (χ4v) is 3.14. The third-order valence-electron chi connectivity index (χ3n) is 2.09. The molecule has 0 saturated carbocycles. The molecular formula is C9H9NO3S2. The molecule has 0 saturated heterocycles. The van der Waals surface area contributed by atoms with Crippen molar-refractivity contribution in [2.24, 2.45) is 5.14 Å². The fourth-order valence-electron chi connectivity index (χ4n) is 1.31. The second-order valence-corrected chi connectivity index (χ2v) is 6.16. The smallest absolute Gasteiger partial charge is 0.247 e. The van der Waals surface area contributed by atoms with Crippen LogP contribution in [-0.4, -0.2) is 13.5 Å². The Morgan fingerprint density at radius 2 is 2.00 bits per heavy atom. The molecule has 1 aromatic carbocycles. The van der Waals surface area contributed by atoms with Crippen LogP contribution in [0.5, 0.6) is 5.75 Å². The third kappa shape index (κ3) is 1.83. The zero-order valence-electron chi connectivity index (χ0n) is 7.89. The average molecular weight is 243 g/mol. The minimum absolute atomic E-state index is 0.113. The summed E-state index contributed by atoms with van der Waals surface area (Å²) in [6.07, 6.45) is 0. The van der Waals surface area contributed by atoms with Gasteiger partial charge in [0.2, 0.25) is 10.0 Å². The minimum atomic E-state index is -3.65. The number of primary sulfonamides is 1. The number of sulfonamides is 1. The lowest BCUT2D eigenvalue weighted by molar-refractivity contribution is 0.472. The Morgan fingerprint density at radius 3 is 2.60 bits per heavy atom. The van der Waals surface area contributed by atoms with E-state index < -0.39 is 10.0 Å². The molecular weight excluding hydrogens is 234 g/mol. The highest BCUT2D eigenvalue weighted by Crippen LogP contribution is 2.32. The highest BCUT2D eigenvalue weighted by molar-refractivity contribution is 7.91. The van der Waals surface area contributed by atoms with Crippen LogP contribution < -0.4 is 5.14 Å². The van der Waals surface area contributed by atoms with E-state index in [9.17, 15) is 13.5 Å². The van der Waals surface area contributed by atoms with Crippen molar-refractivity contribution < 1.29 is 13.5 Å². The molecule has 0 atom stereocenters. The van der Waals surface area contributed by atoms with Gasteiger partial charge in [-0.3, -0.25) is 0 Å². The Kier molecular flexibility index (Phi) is 2.22. The predicted molar refractivity (Wildman–Crippen MR) is 59.6 cm³/mol. The molecule has 2 aromatic rings. The first kappa shape index (κ1) is 10.4. The topological polar surface area (TPSA) is 80.4 Å². The van der Waals surface area contributed by atoms with Crippen LogP contribution in [0.4, 0.5) is 0 Å². The summed E-state index contributed by atoms with van der Waals surface area (Å²) in [7, 11) is -3.65. The van der Waals surface area contributed by atoms with Crippen molar-refractivity contribution >= 4 is 31.4 Å². The molecule has 1 aromatic heterocycles. The van der Waals surface area contributed by atoms with Crippen LogP contribution in [-0.2, 0) is 10.0 Å². The Balaban J connectivity index is 2.77. The highest BCUT2D eigenvalue weighted by atomic mass is 32.2. The summed E-state index contributed by atoms with van der Waals surface area (Å²) in [4.78, 5) is 0. The lowest BCUT2D eigenvalue weighted by Gasteiger charge is -1.96. The van der Waals surface area contributed by atoms with E-state index in [1.54, 1.807) is 19.1 Å². The van der Waals surface area contributed by atoms with E-state index in [1.807, 2.05) is 0 Å². The van der Waals surface area contributed by atoms with Crippen LogP contribution in [0.15, 0.2) is 22.4 Å². The van der Waals surface area contributed by atoms with Crippen LogP contribution in [0, 0.1) is 6.92 Å². The Labute approximate surface area is 91.0 Å². The Hall–Kier alpha value is -1.11. The molecule has 2 rings (SSSR count). The number of aromatic hydroxyl groups is 1. The summed E-state index contributed by atoms with van der Waals surface area (Å²) in [5.41, 5.74) is 0.710. The first-order valence-corrected chi connectivity index (χ1v) is 6.50.